The first-order chi connectivity index (χ1) is 26.8. The lowest BCUT2D eigenvalue weighted by Gasteiger charge is -2.20. The first-order valence-corrected chi connectivity index (χ1v) is 18.4. The quantitative estimate of drug-likeness (QED) is 0.137. The molecule has 0 unspecified atom stereocenters. The molecule has 0 saturated heterocycles. The highest BCUT2D eigenvalue weighted by Gasteiger charge is 2.23. The van der Waals surface area contributed by atoms with Crippen molar-refractivity contribution in [2.75, 3.05) is 0 Å². The number of rotatable bonds is 4. The number of benzene rings is 10. The molecule has 0 N–H and O–H groups in total. The van der Waals surface area contributed by atoms with Crippen LogP contribution >= 0.6 is 0 Å². The van der Waals surface area contributed by atoms with E-state index in [-0.39, 0.29) is 0 Å². The average molecular weight is 686 g/mol. The van der Waals surface area contributed by atoms with Crippen molar-refractivity contribution in [1.82, 2.24) is 15.0 Å². The van der Waals surface area contributed by atoms with E-state index in [0.29, 0.717) is 17.5 Å². The van der Waals surface area contributed by atoms with Crippen molar-refractivity contribution in [3.8, 4) is 45.3 Å². The zero-order valence-corrected chi connectivity index (χ0v) is 29.2. The van der Waals surface area contributed by atoms with Crippen LogP contribution in [-0.4, -0.2) is 15.0 Å². The van der Waals surface area contributed by atoms with Gasteiger partial charge in [0.15, 0.2) is 17.5 Å². The first kappa shape index (κ1) is 30.4. The Morgan fingerprint density at radius 1 is 0.241 bits per heavy atom. The van der Waals surface area contributed by atoms with Gasteiger partial charge in [-0.25, -0.2) is 15.0 Å². The summed E-state index contributed by atoms with van der Waals surface area (Å²) in [6.45, 7) is 0. The Kier molecular flexibility index (Phi) is 6.86. The van der Waals surface area contributed by atoms with Crippen molar-refractivity contribution in [3.05, 3.63) is 188 Å². The van der Waals surface area contributed by atoms with E-state index in [1.807, 2.05) is 36.4 Å². The molecule has 1 heterocycles. The van der Waals surface area contributed by atoms with Gasteiger partial charge in [-0.3, -0.25) is 0 Å². The number of aromatic nitrogens is 3. The van der Waals surface area contributed by atoms with Crippen LogP contribution in [0.25, 0.3) is 110 Å². The fraction of sp³-hybridized carbons (Fsp3) is 0. The Bertz CT molecular complexity index is 3150. The van der Waals surface area contributed by atoms with E-state index in [4.69, 9.17) is 15.0 Å². The monoisotopic (exact) mass is 685 g/mol. The second kappa shape index (κ2) is 12.2. The third kappa shape index (κ3) is 4.65. The van der Waals surface area contributed by atoms with Crippen LogP contribution in [0, 0.1) is 0 Å². The van der Waals surface area contributed by atoms with E-state index in [1.165, 1.54) is 54.2 Å². The second-order valence-electron chi connectivity index (χ2n) is 13.9. The molecule has 0 amide bonds. The van der Waals surface area contributed by atoms with Gasteiger partial charge in [-0.1, -0.05) is 182 Å². The molecule has 0 spiro atoms. The summed E-state index contributed by atoms with van der Waals surface area (Å²) in [6.07, 6.45) is 0. The molecule has 0 atom stereocenters. The molecule has 0 aliphatic rings. The first-order valence-electron chi connectivity index (χ1n) is 18.4. The summed E-state index contributed by atoms with van der Waals surface area (Å²) in [6, 6.07) is 67.0. The van der Waals surface area contributed by atoms with Crippen molar-refractivity contribution < 1.29 is 0 Å². The third-order valence-corrected chi connectivity index (χ3v) is 10.9. The van der Waals surface area contributed by atoms with Gasteiger partial charge in [-0.05, 0) is 81.8 Å². The van der Waals surface area contributed by atoms with E-state index in [9.17, 15) is 0 Å². The van der Waals surface area contributed by atoms with Gasteiger partial charge in [-0.2, -0.15) is 0 Å². The van der Waals surface area contributed by atoms with E-state index in [0.717, 1.165) is 38.2 Å². The number of hydrogen-bond donors (Lipinski definition) is 0. The topological polar surface area (TPSA) is 38.7 Å². The molecule has 0 aliphatic heterocycles. The summed E-state index contributed by atoms with van der Waals surface area (Å²) >= 11 is 0. The van der Waals surface area contributed by atoms with Crippen molar-refractivity contribution in [2.24, 2.45) is 0 Å². The molecule has 250 valence electrons. The molecule has 3 heteroatoms. The summed E-state index contributed by atoms with van der Waals surface area (Å²) in [4.78, 5) is 15.5. The van der Waals surface area contributed by atoms with Crippen LogP contribution in [0.4, 0.5) is 0 Å². The molecule has 11 aromatic rings. The Labute approximate surface area is 311 Å². The number of hydrogen-bond acceptors (Lipinski definition) is 3. The maximum atomic E-state index is 5.23. The largest absolute Gasteiger partial charge is 0.208 e. The number of nitrogens with zero attached hydrogens (tertiary/aromatic N) is 3. The zero-order valence-electron chi connectivity index (χ0n) is 29.2. The van der Waals surface area contributed by atoms with Crippen LogP contribution < -0.4 is 0 Å². The minimum atomic E-state index is 0.649. The molecule has 0 radical (unpaired) electrons. The van der Waals surface area contributed by atoms with Gasteiger partial charge >= 0.3 is 0 Å². The maximum absolute atomic E-state index is 5.23. The van der Waals surface area contributed by atoms with Crippen LogP contribution in [0.5, 0.6) is 0 Å². The standard InChI is InChI=1S/C51H31N3/c1-3-17-32(18-4-1)49-52-50(33-19-5-2-6-20-33)54-51(53-49)48-42-29-15-13-27-40(42)47(41-28-14-16-30-43(41)48)45-31-44-36-23-8-7-21-34(36)35-22-9-11-25-38(35)46(44)39-26-12-10-24-37(39)45/h1-31H. The fourth-order valence-corrected chi connectivity index (χ4v) is 8.55. The normalized spacial score (nSPS) is 11.7. The van der Waals surface area contributed by atoms with Crippen LogP contribution in [0.1, 0.15) is 0 Å². The predicted octanol–water partition coefficient (Wildman–Crippen LogP) is 13.5. The predicted molar refractivity (Wildman–Crippen MR) is 227 cm³/mol. The van der Waals surface area contributed by atoms with Gasteiger partial charge in [-0.15, -0.1) is 0 Å². The summed E-state index contributed by atoms with van der Waals surface area (Å²) in [5, 5.41) is 14.6. The van der Waals surface area contributed by atoms with E-state index >= 15 is 0 Å². The molecule has 0 aliphatic carbocycles. The van der Waals surface area contributed by atoms with Crippen molar-refractivity contribution in [2.45, 2.75) is 0 Å². The Hall–Kier alpha value is -7.23. The van der Waals surface area contributed by atoms with Crippen LogP contribution in [0.2, 0.25) is 0 Å². The summed E-state index contributed by atoms with van der Waals surface area (Å²) < 4.78 is 0. The van der Waals surface area contributed by atoms with E-state index in [1.54, 1.807) is 0 Å². The van der Waals surface area contributed by atoms with Crippen molar-refractivity contribution in [3.63, 3.8) is 0 Å². The summed E-state index contributed by atoms with van der Waals surface area (Å²) in [7, 11) is 0. The van der Waals surface area contributed by atoms with Crippen LogP contribution in [0.3, 0.4) is 0 Å². The molecule has 3 nitrogen and oxygen atoms in total. The Morgan fingerprint density at radius 3 is 1.07 bits per heavy atom. The molecular formula is C51H31N3. The van der Waals surface area contributed by atoms with Crippen molar-refractivity contribution >= 4 is 64.6 Å². The molecule has 0 saturated carbocycles. The molecule has 1 aromatic heterocycles. The van der Waals surface area contributed by atoms with Crippen molar-refractivity contribution in [1.29, 1.82) is 0 Å². The van der Waals surface area contributed by atoms with Gasteiger partial charge in [0.1, 0.15) is 0 Å². The molecule has 0 fully saturated rings. The van der Waals surface area contributed by atoms with E-state index < -0.39 is 0 Å². The number of fused-ring (bicyclic) bond motifs is 10. The zero-order chi connectivity index (χ0) is 35.6. The highest BCUT2D eigenvalue weighted by Crippen LogP contribution is 2.48. The highest BCUT2D eigenvalue weighted by molar-refractivity contribution is 6.34. The average Bonchev–Trinajstić information content (AvgIpc) is 3.25. The minimum absolute atomic E-state index is 0.649. The Morgan fingerprint density at radius 2 is 0.574 bits per heavy atom. The highest BCUT2D eigenvalue weighted by atomic mass is 15.0. The van der Waals surface area contributed by atoms with Gasteiger partial charge < -0.3 is 0 Å². The smallest absolute Gasteiger partial charge is 0.165 e. The lowest BCUT2D eigenvalue weighted by Crippen LogP contribution is -2.01. The fourth-order valence-electron chi connectivity index (χ4n) is 8.55. The maximum Gasteiger partial charge on any atom is 0.165 e. The lowest BCUT2D eigenvalue weighted by molar-refractivity contribution is 1.08. The van der Waals surface area contributed by atoms with Crippen LogP contribution in [-0.2, 0) is 0 Å². The SMILES string of the molecule is c1ccc(-c2nc(-c3ccccc3)nc(-c3c4ccccc4c(-c4cc5c6ccccc6c6ccccc6c5c5ccccc45)c4ccccc34)n2)cc1. The molecular weight excluding hydrogens is 655 g/mol. The Balaban J connectivity index is 1.28. The minimum Gasteiger partial charge on any atom is -0.208 e. The molecule has 10 aromatic carbocycles. The third-order valence-electron chi connectivity index (χ3n) is 10.9. The van der Waals surface area contributed by atoms with Crippen LogP contribution in [0.15, 0.2) is 188 Å². The van der Waals surface area contributed by atoms with E-state index in [2.05, 4.69) is 152 Å². The summed E-state index contributed by atoms with van der Waals surface area (Å²) in [5.74, 6) is 1.95. The second-order valence-corrected chi connectivity index (χ2v) is 13.9. The van der Waals surface area contributed by atoms with Gasteiger partial charge in [0, 0.05) is 16.7 Å². The van der Waals surface area contributed by atoms with Gasteiger partial charge in [0.25, 0.3) is 0 Å². The molecule has 54 heavy (non-hydrogen) atoms. The summed E-state index contributed by atoms with van der Waals surface area (Å²) in [5.41, 5.74) is 5.32. The van der Waals surface area contributed by atoms with Gasteiger partial charge in [0.05, 0.1) is 0 Å². The molecule has 11 rings (SSSR count). The van der Waals surface area contributed by atoms with Gasteiger partial charge in [0.2, 0.25) is 0 Å². The molecule has 0 bridgehead atoms. The lowest BCUT2D eigenvalue weighted by atomic mass is 9.83.